The van der Waals surface area contributed by atoms with Crippen LogP contribution < -0.4 is 0 Å². The van der Waals surface area contributed by atoms with Gasteiger partial charge in [-0.1, -0.05) is 25.5 Å². The van der Waals surface area contributed by atoms with E-state index in [-0.39, 0.29) is 5.97 Å². The molecule has 2 rings (SSSR count). The third-order valence-electron chi connectivity index (χ3n) is 3.42. The van der Waals surface area contributed by atoms with Gasteiger partial charge in [0.25, 0.3) is 0 Å². The number of H-pyrrole nitrogens is 1. The molecule has 1 heterocycles. The van der Waals surface area contributed by atoms with Gasteiger partial charge in [-0.2, -0.15) is 0 Å². The van der Waals surface area contributed by atoms with Crippen LogP contribution in [0.4, 0.5) is 0 Å². The summed E-state index contributed by atoms with van der Waals surface area (Å²) >= 11 is 0. The molecule has 1 aromatic heterocycles. The Morgan fingerprint density at radius 2 is 2.00 bits per heavy atom. The predicted molar refractivity (Wildman–Crippen MR) is 82.3 cm³/mol. The molecule has 20 heavy (non-hydrogen) atoms. The molecule has 0 unspecified atom stereocenters. The number of carbonyl (C=O) groups excluding carboxylic acids is 1. The molecule has 0 saturated carbocycles. The van der Waals surface area contributed by atoms with Crippen LogP contribution in [0.3, 0.4) is 0 Å². The maximum Gasteiger partial charge on any atom is 0.340 e. The number of ether oxygens (including phenoxy) is 1. The van der Waals surface area contributed by atoms with Gasteiger partial charge in [0, 0.05) is 16.6 Å². The number of nitrogens with one attached hydrogen (secondary N) is 1. The lowest BCUT2D eigenvalue weighted by Gasteiger charge is -2.06. The summed E-state index contributed by atoms with van der Waals surface area (Å²) in [5.74, 6) is 0.261. The second-order valence-electron chi connectivity index (χ2n) is 5.80. The summed E-state index contributed by atoms with van der Waals surface area (Å²) < 4.78 is 5.24. The van der Waals surface area contributed by atoms with Gasteiger partial charge in [-0.25, -0.2) is 4.79 Å². The lowest BCUT2D eigenvalue weighted by Crippen LogP contribution is -2.08. The number of benzene rings is 1. The monoisotopic (exact) mass is 273 g/mol. The summed E-state index contributed by atoms with van der Waals surface area (Å²) in [5, 5.41) is 0.983. The van der Waals surface area contributed by atoms with E-state index in [2.05, 4.69) is 44.8 Å². The van der Waals surface area contributed by atoms with Crippen molar-refractivity contribution in [1.82, 2.24) is 4.98 Å². The number of hydrogen-bond acceptors (Lipinski definition) is 2. The largest absolute Gasteiger partial charge is 0.462 e. The number of fused-ring (bicyclic) bond motifs is 1. The van der Waals surface area contributed by atoms with Crippen LogP contribution in [0, 0.1) is 19.8 Å². The van der Waals surface area contributed by atoms with E-state index in [1.165, 1.54) is 5.56 Å². The van der Waals surface area contributed by atoms with Crippen molar-refractivity contribution in [2.45, 2.75) is 41.0 Å². The van der Waals surface area contributed by atoms with Gasteiger partial charge >= 0.3 is 5.97 Å². The van der Waals surface area contributed by atoms with Gasteiger partial charge in [0.05, 0.1) is 12.2 Å². The highest BCUT2D eigenvalue weighted by atomic mass is 16.5. The number of aromatic nitrogens is 1. The van der Waals surface area contributed by atoms with E-state index in [1.54, 1.807) is 0 Å². The highest BCUT2D eigenvalue weighted by Crippen LogP contribution is 2.28. The number of esters is 1. The van der Waals surface area contributed by atoms with Crippen molar-refractivity contribution in [2.75, 3.05) is 6.61 Å². The summed E-state index contributed by atoms with van der Waals surface area (Å²) in [4.78, 5) is 15.7. The standard InChI is InChI=1S/C17H23NO2/c1-6-20-17(19)15-13-9-11(4)8-12(5)16(13)18-14(15)7-10(2)3/h8-10,18H,6-7H2,1-5H3. The van der Waals surface area contributed by atoms with Crippen molar-refractivity contribution in [2.24, 2.45) is 5.92 Å². The van der Waals surface area contributed by atoms with Crippen molar-refractivity contribution >= 4 is 16.9 Å². The molecule has 0 fully saturated rings. The van der Waals surface area contributed by atoms with E-state index in [0.717, 1.165) is 28.6 Å². The van der Waals surface area contributed by atoms with E-state index < -0.39 is 0 Å². The zero-order chi connectivity index (χ0) is 14.9. The summed E-state index contributed by atoms with van der Waals surface area (Å²) in [6, 6.07) is 4.20. The molecule has 108 valence electrons. The topological polar surface area (TPSA) is 42.1 Å². The van der Waals surface area contributed by atoms with Crippen molar-refractivity contribution in [1.29, 1.82) is 0 Å². The van der Waals surface area contributed by atoms with Crippen LogP contribution in [-0.4, -0.2) is 17.6 Å². The van der Waals surface area contributed by atoms with Gasteiger partial charge in [0.1, 0.15) is 0 Å². The second-order valence-corrected chi connectivity index (χ2v) is 5.80. The molecular weight excluding hydrogens is 250 g/mol. The summed E-state index contributed by atoms with van der Waals surface area (Å²) in [5.41, 5.74) is 5.08. The maximum absolute atomic E-state index is 12.3. The lowest BCUT2D eigenvalue weighted by atomic mass is 10.0. The quantitative estimate of drug-likeness (QED) is 0.850. The Bertz CT molecular complexity index is 638. The first-order valence-corrected chi connectivity index (χ1v) is 7.23. The Balaban J connectivity index is 2.67. The first-order chi connectivity index (χ1) is 9.43. The van der Waals surface area contributed by atoms with E-state index in [4.69, 9.17) is 4.74 Å². The first kappa shape index (κ1) is 14.6. The fourth-order valence-corrected chi connectivity index (χ4v) is 2.70. The fraction of sp³-hybridized carbons (Fsp3) is 0.471. The van der Waals surface area contributed by atoms with Gasteiger partial charge in [-0.15, -0.1) is 0 Å². The van der Waals surface area contributed by atoms with Gasteiger partial charge in [0.15, 0.2) is 0 Å². The number of aryl methyl sites for hydroxylation is 2. The van der Waals surface area contributed by atoms with Crippen LogP contribution >= 0.6 is 0 Å². The Morgan fingerprint density at radius 3 is 2.60 bits per heavy atom. The SMILES string of the molecule is CCOC(=O)c1c(CC(C)C)[nH]c2c(C)cc(C)cc12. The van der Waals surface area contributed by atoms with E-state index in [1.807, 2.05) is 6.92 Å². The van der Waals surface area contributed by atoms with Gasteiger partial charge in [0.2, 0.25) is 0 Å². The van der Waals surface area contributed by atoms with Crippen LogP contribution in [-0.2, 0) is 11.2 Å². The van der Waals surface area contributed by atoms with E-state index in [0.29, 0.717) is 18.1 Å². The van der Waals surface area contributed by atoms with Gasteiger partial charge in [-0.05, 0) is 44.7 Å². The molecule has 0 atom stereocenters. The zero-order valence-corrected chi connectivity index (χ0v) is 13.0. The first-order valence-electron chi connectivity index (χ1n) is 7.23. The van der Waals surface area contributed by atoms with Crippen LogP contribution in [0.25, 0.3) is 10.9 Å². The summed E-state index contributed by atoms with van der Waals surface area (Å²) in [6.07, 6.45) is 0.849. The predicted octanol–water partition coefficient (Wildman–Crippen LogP) is 4.16. The zero-order valence-electron chi connectivity index (χ0n) is 13.0. The molecule has 0 spiro atoms. The molecule has 0 saturated heterocycles. The molecule has 3 heteroatoms. The number of rotatable bonds is 4. The highest BCUT2D eigenvalue weighted by Gasteiger charge is 2.21. The highest BCUT2D eigenvalue weighted by molar-refractivity contribution is 6.06. The Kier molecular flexibility index (Phi) is 4.17. The summed E-state index contributed by atoms with van der Waals surface area (Å²) in [7, 11) is 0. The molecule has 0 aliphatic heterocycles. The van der Waals surface area contributed by atoms with Gasteiger partial charge in [-0.3, -0.25) is 0 Å². The number of hydrogen-bond donors (Lipinski definition) is 1. The molecule has 0 bridgehead atoms. The minimum Gasteiger partial charge on any atom is -0.462 e. The molecule has 1 N–H and O–H groups in total. The van der Waals surface area contributed by atoms with Crippen LogP contribution in [0.1, 0.15) is 48.0 Å². The Hall–Kier alpha value is -1.77. The molecule has 0 amide bonds. The van der Waals surface area contributed by atoms with Crippen LogP contribution in [0.5, 0.6) is 0 Å². The lowest BCUT2D eigenvalue weighted by molar-refractivity contribution is 0.0527. The van der Waals surface area contributed by atoms with Crippen molar-refractivity contribution in [3.05, 3.63) is 34.5 Å². The summed E-state index contributed by atoms with van der Waals surface area (Å²) in [6.45, 7) is 10.7. The minimum absolute atomic E-state index is 0.223. The second kappa shape index (κ2) is 5.70. The fourth-order valence-electron chi connectivity index (χ4n) is 2.70. The smallest absolute Gasteiger partial charge is 0.340 e. The average molecular weight is 273 g/mol. The molecule has 3 nitrogen and oxygen atoms in total. The van der Waals surface area contributed by atoms with Crippen LogP contribution in [0.2, 0.25) is 0 Å². The number of carbonyl (C=O) groups is 1. The normalized spacial score (nSPS) is 11.3. The van der Waals surface area contributed by atoms with E-state index in [9.17, 15) is 4.79 Å². The van der Waals surface area contributed by atoms with Crippen molar-refractivity contribution < 1.29 is 9.53 Å². The third-order valence-corrected chi connectivity index (χ3v) is 3.42. The van der Waals surface area contributed by atoms with Crippen molar-refractivity contribution in [3.63, 3.8) is 0 Å². The Labute approximate surface area is 120 Å². The molecule has 2 aromatic rings. The number of aromatic amines is 1. The maximum atomic E-state index is 12.3. The molecule has 0 aliphatic rings. The van der Waals surface area contributed by atoms with Crippen LogP contribution in [0.15, 0.2) is 12.1 Å². The average Bonchev–Trinajstić information content (AvgIpc) is 2.66. The molecule has 0 radical (unpaired) electrons. The third kappa shape index (κ3) is 2.72. The molecule has 0 aliphatic carbocycles. The van der Waals surface area contributed by atoms with Crippen molar-refractivity contribution in [3.8, 4) is 0 Å². The van der Waals surface area contributed by atoms with Gasteiger partial charge < -0.3 is 9.72 Å². The molecule has 1 aromatic carbocycles. The molecular formula is C17H23NO2. The Morgan fingerprint density at radius 1 is 1.30 bits per heavy atom. The van der Waals surface area contributed by atoms with E-state index >= 15 is 0 Å². The minimum atomic E-state index is -0.223.